The maximum atomic E-state index is 2.72. The van der Waals surface area contributed by atoms with Crippen molar-refractivity contribution in [2.75, 3.05) is 9.80 Å². The van der Waals surface area contributed by atoms with Gasteiger partial charge in [-0.2, -0.15) is 0 Å². The van der Waals surface area contributed by atoms with Gasteiger partial charge in [0.05, 0.1) is 5.69 Å². The summed E-state index contributed by atoms with van der Waals surface area (Å²) in [5.74, 6) is 0. The molecule has 0 atom stereocenters. The molecule has 2 aliphatic carbocycles. The minimum Gasteiger partial charge on any atom is -0.311 e. The first-order valence-corrected chi connectivity index (χ1v) is 24.5. The first kappa shape index (κ1) is 41.7. The third-order valence-electron chi connectivity index (χ3n) is 16.1. The number of anilines is 6. The molecule has 6 aromatic rings. The SMILES string of the molecule is Cc1cc(C(C)(C)C)ccc1N1c2ccc(C(C)(C)C)cc2B2c3sc4cc5c(cc4c3N(c3ccc4c(c3)C(C)(C)CCCC4(C)C)c3cccc1c32)C(C)(C)CCC5(C)C. The van der Waals surface area contributed by atoms with Crippen LogP contribution in [0.4, 0.5) is 34.1 Å². The summed E-state index contributed by atoms with van der Waals surface area (Å²) in [7, 11) is 0. The van der Waals surface area contributed by atoms with Crippen molar-refractivity contribution in [3.8, 4) is 0 Å². The van der Waals surface area contributed by atoms with Gasteiger partial charge in [0.1, 0.15) is 0 Å². The number of hydrogen-bond donors (Lipinski definition) is 0. The Kier molecular flexibility index (Phi) is 9.01. The first-order valence-electron chi connectivity index (χ1n) is 23.6. The molecule has 320 valence electrons. The van der Waals surface area contributed by atoms with E-state index in [4.69, 9.17) is 0 Å². The van der Waals surface area contributed by atoms with Crippen molar-refractivity contribution in [1.29, 1.82) is 0 Å². The summed E-state index contributed by atoms with van der Waals surface area (Å²) in [5.41, 5.74) is 21.4. The van der Waals surface area contributed by atoms with Crippen molar-refractivity contribution in [3.05, 3.63) is 124 Å². The highest BCUT2D eigenvalue weighted by atomic mass is 32.1. The van der Waals surface area contributed by atoms with Crippen LogP contribution in [0.15, 0.2) is 84.9 Å². The Morgan fingerprint density at radius 1 is 0.532 bits per heavy atom. The zero-order chi connectivity index (χ0) is 44.3. The van der Waals surface area contributed by atoms with Gasteiger partial charge >= 0.3 is 0 Å². The molecule has 1 aromatic heterocycles. The topological polar surface area (TPSA) is 6.48 Å². The van der Waals surface area contributed by atoms with Crippen molar-refractivity contribution < 1.29 is 0 Å². The van der Waals surface area contributed by atoms with E-state index in [1.807, 2.05) is 0 Å². The van der Waals surface area contributed by atoms with Crippen LogP contribution in [0, 0.1) is 6.92 Å². The van der Waals surface area contributed by atoms with Gasteiger partial charge in [-0.25, -0.2) is 0 Å². The molecule has 3 heterocycles. The fourth-order valence-electron chi connectivity index (χ4n) is 11.9. The minimum atomic E-state index is 0.00622. The van der Waals surface area contributed by atoms with Gasteiger partial charge in [-0.3, -0.25) is 0 Å². The van der Waals surface area contributed by atoms with Crippen LogP contribution in [-0.4, -0.2) is 6.71 Å². The van der Waals surface area contributed by atoms with Crippen molar-refractivity contribution >= 4 is 78.0 Å². The highest BCUT2D eigenvalue weighted by Gasteiger charge is 2.47. The van der Waals surface area contributed by atoms with Crippen LogP contribution in [0.3, 0.4) is 0 Å². The van der Waals surface area contributed by atoms with Crippen LogP contribution in [-0.2, 0) is 32.5 Å². The molecular formula is C58H69BN2S. The number of aryl methyl sites for hydroxylation is 1. The Hall–Kier alpha value is -4.28. The summed E-state index contributed by atoms with van der Waals surface area (Å²) in [6, 6.07) is 34.7. The first-order chi connectivity index (χ1) is 28.9. The molecule has 10 rings (SSSR count). The second kappa shape index (κ2) is 13.4. The van der Waals surface area contributed by atoms with E-state index in [1.54, 1.807) is 0 Å². The number of nitrogens with zero attached hydrogens (tertiary/aromatic N) is 2. The lowest BCUT2D eigenvalue weighted by Crippen LogP contribution is -2.60. The molecule has 0 bridgehead atoms. The van der Waals surface area contributed by atoms with Crippen LogP contribution in [0.2, 0.25) is 0 Å². The largest absolute Gasteiger partial charge is 0.311 e. The molecule has 0 spiro atoms. The molecule has 62 heavy (non-hydrogen) atoms. The lowest BCUT2D eigenvalue weighted by atomic mass is 9.36. The Balaban J connectivity index is 1.32. The summed E-state index contributed by atoms with van der Waals surface area (Å²) < 4.78 is 2.89. The summed E-state index contributed by atoms with van der Waals surface area (Å²) in [4.78, 5) is 5.33. The number of hydrogen-bond acceptors (Lipinski definition) is 3. The minimum absolute atomic E-state index is 0.00622. The Bertz CT molecular complexity index is 2830. The average Bonchev–Trinajstić information content (AvgIpc) is 3.52. The maximum Gasteiger partial charge on any atom is 0.264 e. The van der Waals surface area contributed by atoms with Crippen LogP contribution < -0.4 is 25.5 Å². The number of fused-ring (bicyclic) bond motifs is 8. The molecule has 2 aliphatic heterocycles. The van der Waals surface area contributed by atoms with Gasteiger partial charge in [-0.1, -0.05) is 140 Å². The number of rotatable bonds is 2. The number of benzene rings is 5. The average molecular weight is 837 g/mol. The molecule has 0 N–H and O–H groups in total. The fraction of sp³-hybridized carbons (Fsp3) is 0.448. The lowest BCUT2D eigenvalue weighted by molar-refractivity contribution is 0.332. The van der Waals surface area contributed by atoms with Crippen molar-refractivity contribution in [1.82, 2.24) is 0 Å². The molecule has 4 aliphatic rings. The zero-order valence-corrected chi connectivity index (χ0v) is 41.3. The maximum absolute atomic E-state index is 2.72. The Morgan fingerprint density at radius 3 is 1.71 bits per heavy atom. The van der Waals surface area contributed by atoms with E-state index in [-0.39, 0.29) is 39.2 Å². The van der Waals surface area contributed by atoms with Crippen LogP contribution in [0.1, 0.15) is 168 Å². The summed E-state index contributed by atoms with van der Waals surface area (Å²) in [5, 5.41) is 1.41. The lowest BCUT2D eigenvalue weighted by Gasteiger charge is -2.44. The van der Waals surface area contributed by atoms with Gasteiger partial charge in [0.2, 0.25) is 0 Å². The third kappa shape index (κ3) is 6.23. The van der Waals surface area contributed by atoms with Crippen LogP contribution >= 0.6 is 11.3 Å². The second-order valence-corrected chi connectivity index (χ2v) is 25.5. The fourth-order valence-corrected chi connectivity index (χ4v) is 13.3. The molecular weight excluding hydrogens is 768 g/mol. The summed E-state index contributed by atoms with van der Waals surface area (Å²) >= 11 is 2.06. The van der Waals surface area contributed by atoms with E-state index in [9.17, 15) is 0 Å². The standard InChI is InChI=1S/C58H69BN2S/c1-35-30-36(53(2,3)4)20-24-45(35)61-46-25-21-37(54(5,6)7)31-44(46)59-50-47(18-16-19-48(50)61)60(38-22-23-40-41(32-38)56(10,11)27-17-26-55(40,8)9)51-39-33-42-43(34-49(39)62-52(51)59)58(14,15)29-28-57(42,12)13/h16,18-25,30-34H,17,26-29H2,1-15H3. The molecule has 5 aromatic carbocycles. The van der Waals surface area contributed by atoms with E-state index in [0.717, 1.165) is 0 Å². The van der Waals surface area contributed by atoms with Crippen molar-refractivity contribution in [2.24, 2.45) is 0 Å². The molecule has 0 amide bonds. The van der Waals surface area contributed by atoms with E-state index in [2.05, 4.69) is 210 Å². The zero-order valence-electron chi connectivity index (χ0n) is 40.5. The molecule has 0 saturated heterocycles. The summed E-state index contributed by atoms with van der Waals surface area (Å²) in [6.45, 7) is 36.3. The van der Waals surface area contributed by atoms with E-state index >= 15 is 0 Å². The van der Waals surface area contributed by atoms with Crippen molar-refractivity contribution in [2.45, 2.75) is 168 Å². The number of thiophene rings is 1. The Labute approximate surface area is 378 Å². The van der Waals surface area contributed by atoms with Gasteiger partial charge in [0.25, 0.3) is 6.71 Å². The monoisotopic (exact) mass is 837 g/mol. The molecule has 0 fully saturated rings. The smallest absolute Gasteiger partial charge is 0.264 e. The molecule has 0 unspecified atom stereocenters. The molecule has 4 heteroatoms. The van der Waals surface area contributed by atoms with Crippen molar-refractivity contribution in [3.63, 3.8) is 0 Å². The predicted octanol–water partition coefficient (Wildman–Crippen LogP) is 15.0. The molecule has 0 radical (unpaired) electrons. The highest BCUT2D eigenvalue weighted by molar-refractivity contribution is 7.33. The van der Waals surface area contributed by atoms with Gasteiger partial charge in [-0.15, -0.1) is 11.3 Å². The van der Waals surface area contributed by atoms with E-state index in [1.165, 1.54) is 131 Å². The van der Waals surface area contributed by atoms with Crippen LogP contribution in [0.25, 0.3) is 10.1 Å². The quantitative estimate of drug-likeness (QED) is 0.126. The van der Waals surface area contributed by atoms with Gasteiger partial charge in [-0.05, 0) is 163 Å². The predicted molar refractivity (Wildman–Crippen MR) is 273 cm³/mol. The third-order valence-corrected chi connectivity index (χ3v) is 17.3. The Morgan fingerprint density at radius 2 is 1.08 bits per heavy atom. The second-order valence-electron chi connectivity index (χ2n) is 24.4. The van der Waals surface area contributed by atoms with Gasteiger partial charge in [0, 0.05) is 43.3 Å². The van der Waals surface area contributed by atoms with E-state index in [0.29, 0.717) is 0 Å². The van der Waals surface area contributed by atoms with E-state index < -0.39 is 0 Å². The van der Waals surface area contributed by atoms with Crippen LogP contribution in [0.5, 0.6) is 0 Å². The normalized spacial score (nSPS) is 19.3. The molecule has 0 saturated carbocycles. The summed E-state index contributed by atoms with van der Waals surface area (Å²) in [6.07, 6.45) is 6.09. The highest BCUT2D eigenvalue weighted by Crippen LogP contribution is 2.54. The van der Waals surface area contributed by atoms with Gasteiger partial charge < -0.3 is 9.80 Å². The van der Waals surface area contributed by atoms with Gasteiger partial charge in [0.15, 0.2) is 0 Å². The molecule has 2 nitrogen and oxygen atoms in total.